The SMILES string of the molecule is Cn1ncnc1Oc1cccc(Cl)c1. The van der Waals surface area contributed by atoms with Crippen molar-refractivity contribution < 1.29 is 4.74 Å². The van der Waals surface area contributed by atoms with Crippen LogP contribution in [0.25, 0.3) is 0 Å². The average Bonchev–Trinajstić information content (AvgIpc) is 2.52. The van der Waals surface area contributed by atoms with Crippen LogP contribution in [-0.4, -0.2) is 14.8 Å². The van der Waals surface area contributed by atoms with Gasteiger partial charge < -0.3 is 4.74 Å². The van der Waals surface area contributed by atoms with Gasteiger partial charge >= 0.3 is 6.01 Å². The fraction of sp³-hybridized carbons (Fsp3) is 0.111. The van der Waals surface area contributed by atoms with E-state index in [1.165, 1.54) is 6.33 Å². The van der Waals surface area contributed by atoms with Gasteiger partial charge in [-0.3, -0.25) is 0 Å². The van der Waals surface area contributed by atoms with Gasteiger partial charge in [-0.25, -0.2) is 4.68 Å². The quantitative estimate of drug-likeness (QED) is 0.762. The Labute approximate surface area is 86.1 Å². The van der Waals surface area contributed by atoms with Crippen molar-refractivity contribution in [3.8, 4) is 11.8 Å². The normalized spacial score (nSPS) is 10.1. The number of aromatic nitrogens is 3. The lowest BCUT2D eigenvalue weighted by Crippen LogP contribution is -1.95. The Kier molecular flexibility index (Phi) is 2.37. The monoisotopic (exact) mass is 209 g/mol. The zero-order chi connectivity index (χ0) is 9.97. The standard InChI is InChI=1S/C9H8ClN3O/c1-13-9(11-6-12-13)14-8-4-2-3-7(10)5-8/h2-6H,1H3. The number of hydrogen-bond acceptors (Lipinski definition) is 3. The van der Waals surface area contributed by atoms with Crippen LogP contribution in [0.3, 0.4) is 0 Å². The molecule has 0 aliphatic rings. The summed E-state index contributed by atoms with van der Waals surface area (Å²) in [7, 11) is 1.76. The van der Waals surface area contributed by atoms with Crippen LogP contribution in [0.5, 0.6) is 11.8 Å². The second kappa shape index (κ2) is 3.67. The predicted molar refractivity (Wildman–Crippen MR) is 52.5 cm³/mol. The molecule has 72 valence electrons. The molecule has 0 aliphatic heterocycles. The molecule has 0 amide bonds. The van der Waals surface area contributed by atoms with Gasteiger partial charge in [0, 0.05) is 12.1 Å². The summed E-state index contributed by atoms with van der Waals surface area (Å²) in [6.45, 7) is 0. The summed E-state index contributed by atoms with van der Waals surface area (Å²) in [6.07, 6.45) is 1.43. The molecule has 0 saturated carbocycles. The Balaban J connectivity index is 2.23. The number of rotatable bonds is 2. The van der Waals surface area contributed by atoms with Gasteiger partial charge in [-0.2, -0.15) is 10.1 Å². The first-order valence-corrected chi connectivity index (χ1v) is 4.41. The Morgan fingerprint density at radius 3 is 2.93 bits per heavy atom. The Morgan fingerprint density at radius 1 is 1.43 bits per heavy atom. The molecule has 0 N–H and O–H groups in total. The Bertz CT molecular complexity index is 441. The molecule has 2 rings (SSSR count). The molecule has 0 aliphatic carbocycles. The number of hydrogen-bond donors (Lipinski definition) is 0. The zero-order valence-corrected chi connectivity index (χ0v) is 8.27. The van der Waals surface area contributed by atoms with Gasteiger partial charge in [0.2, 0.25) is 0 Å². The van der Waals surface area contributed by atoms with Crippen LogP contribution in [0.15, 0.2) is 30.6 Å². The molecule has 14 heavy (non-hydrogen) atoms. The minimum absolute atomic E-state index is 0.437. The lowest BCUT2D eigenvalue weighted by atomic mass is 10.3. The molecular weight excluding hydrogens is 202 g/mol. The first-order chi connectivity index (χ1) is 6.75. The topological polar surface area (TPSA) is 39.9 Å². The van der Waals surface area contributed by atoms with E-state index in [1.54, 1.807) is 29.9 Å². The summed E-state index contributed by atoms with van der Waals surface area (Å²) in [5.41, 5.74) is 0. The molecule has 1 aromatic heterocycles. The molecule has 2 aromatic rings. The fourth-order valence-corrected chi connectivity index (χ4v) is 1.19. The number of ether oxygens (including phenoxy) is 1. The molecule has 0 saturated heterocycles. The van der Waals surface area contributed by atoms with Crippen LogP contribution in [0, 0.1) is 0 Å². The van der Waals surface area contributed by atoms with Crippen molar-refractivity contribution in [2.45, 2.75) is 0 Å². The Hall–Kier alpha value is -1.55. The van der Waals surface area contributed by atoms with Crippen molar-refractivity contribution in [2.24, 2.45) is 7.05 Å². The number of benzene rings is 1. The van der Waals surface area contributed by atoms with Crippen LogP contribution in [-0.2, 0) is 7.05 Å². The lowest BCUT2D eigenvalue weighted by molar-refractivity contribution is 0.415. The molecule has 0 spiro atoms. The minimum Gasteiger partial charge on any atom is -0.424 e. The van der Waals surface area contributed by atoms with E-state index in [1.807, 2.05) is 6.07 Å². The predicted octanol–water partition coefficient (Wildman–Crippen LogP) is 2.26. The number of nitrogens with zero attached hydrogens (tertiary/aromatic N) is 3. The highest BCUT2D eigenvalue weighted by molar-refractivity contribution is 6.30. The lowest BCUT2D eigenvalue weighted by Gasteiger charge is -2.03. The van der Waals surface area contributed by atoms with E-state index in [0.29, 0.717) is 16.8 Å². The molecule has 0 radical (unpaired) electrons. The van der Waals surface area contributed by atoms with Crippen LogP contribution in [0.2, 0.25) is 5.02 Å². The summed E-state index contributed by atoms with van der Waals surface area (Å²) >= 11 is 5.80. The smallest absolute Gasteiger partial charge is 0.320 e. The maximum absolute atomic E-state index is 5.80. The van der Waals surface area contributed by atoms with E-state index in [0.717, 1.165) is 0 Å². The van der Waals surface area contributed by atoms with Gasteiger partial charge in [-0.05, 0) is 18.2 Å². The average molecular weight is 210 g/mol. The van der Waals surface area contributed by atoms with E-state index in [4.69, 9.17) is 16.3 Å². The van der Waals surface area contributed by atoms with Gasteiger partial charge in [0.15, 0.2) is 0 Å². The van der Waals surface area contributed by atoms with Gasteiger partial charge in [-0.15, -0.1) is 0 Å². The van der Waals surface area contributed by atoms with Gasteiger partial charge in [-0.1, -0.05) is 17.7 Å². The molecule has 4 nitrogen and oxygen atoms in total. The van der Waals surface area contributed by atoms with Crippen molar-refractivity contribution in [3.05, 3.63) is 35.6 Å². The maximum atomic E-state index is 5.80. The van der Waals surface area contributed by atoms with Crippen LogP contribution in [0.4, 0.5) is 0 Å². The van der Waals surface area contributed by atoms with Crippen molar-refractivity contribution in [1.29, 1.82) is 0 Å². The van der Waals surface area contributed by atoms with E-state index < -0.39 is 0 Å². The molecule has 1 aromatic carbocycles. The molecule has 0 atom stereocenters. The third-order valence-electron chi connectivity index (χ3n) is 1.68. The molecular formula is C9H8ClN3O. The third kappa shape index (κ3) is 1.85. The second-order valence-electron chi connectivity index (χ2n) is 2.73. The highest BCUT2D eigenvalue weighted by Crippen LogP contribution is 2.21. The molecule has 1 heterocycles. The molecule has 0 bridgehead atoms. The summed E-state index contributed by atoms with van der Waals surface area (Å²) in [4.78, 5) is 3.93. The van der Waals surface area contributed by atoms with Gasteiger partial charge in [0.05, 0.1) is 0 Å². The summed E-state index contributed by atoms with van der Waals surface area (Å²) in [5, 5.41) is 4.51. The number of aryl methyl sites for hydroxylation is 1. The first kappa shape index (κ1) is 9.02. The number of halogens is 1. The minimum atomic E-state index is 0.437. The first-order valence-electron chi connectivity index (χ1n) is 4.03. The van der Waals surface area contributed by atoms with Crippen LogP contribution < -0.4 is 4.74 Å². The van der Waals surface area contributed by atoms with Crippen molar-refractivity contribution >= 4 is 11.6 Å². The van der Waals surface area contributed by atoms with Crippen LogP contribution >= 0.6 is 11.6 Å². The second-order valence-corrected chi connectivity index (χ2v) is 3.16. The summed E-state index contributed by atoms with van der Waals surface area (Å²) < 4.78 is 6.98. The third-order valence-corrected chi connectivity index (χ3v) is 1.91. The van der Waals surface area contributed by atoms with Gasteiger partial charge in [0.25, 0.3) is 0 Å². The largest absolute Gasteiger partial charge is 0.424 e. The van der Waals surface area contributed by atoms with Gasteiger partial charge in [0.1, 0.15) is 12.1 Å². The van der Waals surface area contributed by atoms with Crippen molar-refractivity contribution in [2.75, 3.05) is 0 Å². The molecule has 0 unspecified atom stereocenters. The van der Waals surface area contributed by atoms with E-state index >= 15 is 0 Å². The summed E-state index contributed by atoms with van der Waals surface area (Å²) in [5.74, 6) is 0.647. The summed E-state index contributed by atoms with van der Waals surface area (Å²) in [6, 6.07) is 7.56. The van der Waals surface area contributed by atoms with Crippen LogP contribution in [0.1, 0.15) is 0 Å². The highest BCUT2D eigenvalue weighted by Gasteiger charge is 2.02. The van der Waals surface area contributed by atoms with E-state index in [9.17, 15) is 0 Å². The maximum Gasteiger partial charge on any atom is 0.320 e. The van der Waals surface area contributed by atoms with E-state index in [2.05, 4.69) is 10.1 Å². The van der Waals surface area contributed by atoms with Crippen molar-refractivity contribution in [1.82, 2.24) is 14.8 Å². The fourth-order valence-electron chi connectivity index (χ4n) is 1.01. The van der Waals surface area contributed by atoms with E-state index in [-0.39, 0.29) is 0 Å². The zero-order valence-electron chi connectivity index (χ0n) is 7.51. The molecule has 5 heteroatoms. The van der Waals surface area contributed by atoms with Crippen molar-refractivity contribution in [3.63, 3.8) is 0 Å². The highest BCUT2D eigenvalue weighted by atomic mass is 35.5. The Morgan fingerprint density at radius 2 is 2.29 bits per heavy atom. The molecule has 0 fully saturated rings.